The molecule has 0 aromatic heterocycles. The maximum absolute atomic E-state index is 13.5. The third-order valence-corrected chi connectivity index (χ3v) is 6.50. The third kappa shape index (κ3) is 3.15. The van der Waals surface area contributed by atoms with E-state index in [0.29, 0.717) is 23.4 Å². The molecule has 6 nitrogen and oxygen atoms in total. The van der Waals surface area contributed by atoms with Crippen molar-refractivity contribution < 1.29 is 19.4 Å². The summed E-state index contributed by atoms with van der Waals surface area (Å²) in [7, 11) is 1.57. The monoisotopic (exact) mass is 428 g/mol. The summed E-state index contributed by atoms with van der Waals surface area (Å²) in [5, 5.41) is 10.1. The topological polar surface area (TPSA) is 70.1 Å². The van der Waals surface area contributed by atoms with Gasteiger partial charge in [0.15, 0.2) is 0 Å². The normalized spacial score (nSPS) is 21.2. The number of methoxy groups -OCH3 is 1. The average molecular weight is 428 g/mol. The Morgan fingerprint density at radius 3 is 2.41 bits per heavy atom. The van der Waals surface area contributed by atoms with E-state index in [1.165, 1.54) is 0 Å². The number of anilines is 1. The molecule has 6 heteroatoms. The molecule has 3 atom stereocenters. The van der Waals surface area contributed by atoms with E-state index < -0.39 is 0 Å². The van der Waals surface area contributed by atoms with Crippen LogP contribution in [0.3, 0.4) is 0 Å². The number of aliphatic hydroxyl groups is 1. The molecule has 1 N–H and O–H groups in total. The van der Waals surface area contributed by atoms with Crippen molar-refractivity contribution in [1.82, 2.24) is 4.90 Å². The standard InChI is InChI=1S/C26H24N2O4/c1-32-19-11-7-10-18(14-19)25(30)27-15-22-24(20-12-5-6-13-21(20)27)23(16-29)28(22)26(31)17-8-3-2-4-9-17/h2-14,22-24,29H,15-16H2,1H3/t22-,23+,24+/m0/s1. The minimum Gasteiger partial charge on any atom is -0.497 e. The van der Waals surface area contributed by atoms with Gasteiger partial charge in [-0.05, 0) is 42.0 Å². The van der Waals surface area contributed by atoms with E-state index in [-0.39, 0.29) is 36.4 Å². The van der Waals surface area contributed by atoms with Gasteiger partial charge in [-0.15, -0.1) is 0 Å². The summed E-state index contributed by atoms with van der Waals surface area (Å²) in [5.41, 5.74) is 2.91. The zero-order chi connectivity index (χ0) is 22.2. The minimum atomic E-state index is -0.317. The highest BCUT2D eigenvalue weighted by atomic mass is 16.5. The zero-order valence-corrected chi connectivity index (χ0v) is 17.7. The number of para-hydroxylation sites is 1. The van der Waals surface area contributed by atoms with Gasteiger partial charge in [-0.25, -0.2) is 0 Å². The van der Waals surface area contributed by atoms with Crippen molar-refractivity contribution >= 4 is 17.5 Å². The van der Waals surface area contributed by atoms with Crippen LogP contribution in [0.5, 0.6) is 5.75 Å². The van der Waals surface area contributed by atoms with E-state index in [2.05, 4.69) is 0 Å². The molecule has 5 rings (SSSR count). The summed E-state index contributed by atoms with van der Waals surface area (Å²) in [5.74, 6) is 0.329. The molecule has 1 fully saturated rings. The molecule has 0 unspecified atom stereocenters. The Bertz CT molecular complexity index is 1160. The average Bonchev–Trinajstić information content (AvgIpc) is 2.84. The smallest absolute Gasteiger partial charge is 0.258 e. The fourth-order valence-electron chi connectivity index (χ4n) is 5.00. The van der Waals surface area contributed by atoms with E-state index in [4.69, 9.17) is 4.74 Å². The summed E-state index contributed by atoms with van der Waals surface area (Å²) in [6, 6.07) is 23.4. The number of fused-ring (bicyclic) bond motifs is 3. The predicted molar refractivity (Wildman–Crippen MR) is 121 cm³/mol. The lowest BCUT2D eigenvalue weighted by Crippen LogP contribution is -2.70. The minimum absolute atomic E-state index is 0.0155. The van der Waals surface area contributed by atoms with Gasteiger partial charge in [-0.3, -0.25) is 9.59 Å². The van der Waals surface area contributed by atoms with E-state index in [1.807, 2.05) is 42.5 Å². The van der Waals surface area contributed by atoms with Crippen LogP contribution in [-0.4, -0.2) is 54.2 Å². The Morgan fingerprint density at radius 2 is 1.66 bits per heavy atom. The van der Waals surface area contributed by atoms with Crippen molar-refractivity contribution in [2.24, 2.45) is 0 Å². The molecule has 2 amide bonds. The summed E-state index contributed by atoms with van der Waals surface area (Å²) in [6.45, 7) is 0.241. The molecule has 2 aliphatic rings. The van der Waals surface area contributed by atoms with Gasteiger partial charge < -0.3 is 19.6 Å². The van der Waals surface area contributed by atoms with Crippen LogP contribution in [0.4, 0.5) is 5.69 Å². The van der Waals surface area contributed by atoms with Crippen LogP contribution in [0.1, 0.15) is 32.2 Å². The van der Waals surface area contributed by atoms with Crippen molar-refractivity contribution in [2.75, 3.05) is 25.2 Å². The van der Waals surface area contributed by atoms with Crippen LogP contribution < -0.4 is 9.64 Å². The maximum atomic E-state index is 13.5. The highest BCUT2D eigenvalue weighted by Crippen LogP contribution is 2.48. The summed E-state index contributed by atoms with van der Waals surface area (Å²) in [4.78, 5) is 30.3. The highest BCUT2D eigenvalue weighted by Gasteiger charge is 2.55. The van der Waals surface area contributed by atoms with Crippen LogP contribution in [0.25, 0.3) is 0 Å². The predicted octanol–water partition coefficient (Wildman–Crippen LogP) is 3.32. The largest absolute Gasteiger partial charge is 0.497 e. The Balaban J connectivity index is 1.53. The Labute approximate surface area is 186 Å². The lowest BCUT2D eigenvalue weighted by Gasteiger charge is -2.58. The maximum Gasteiger partial charge on any atom is 0.258 e. The summed E-state index contributed by atoms with van der Waals surface area (Å²) >= 11 is 0. The van der Waals surface area contributed by atoms with E-state index in [9.17, 15) is 14.7 Å². The summed E-state index contributed by atoms with van der Waals surface area (Å²) in [6.07, 6.45) is 0. The van der Waals surface area contributed by atoms with Crippen LogP contribution in [-0.2, 0) is 0 Å². The number of carbonyl (C=O) groups is 2. The van der Waals surface area contributed by atoms with E-state index in [0.717, 1.165) is 11.3 Å². The second-order valence-corrected chi connectivity index (χ2v) is 8.13. The molecule has 162 valence electrons. The number of hydrogen-bond donors (Lipinski definition) is 1. The molecule has 1 saturated heterocycles. The number of benzene rings is 3. The van der Waals surface area contributed by atoms with Crippen LogP contribution >= 0.6 is 0 Å². The number of rotatable bonds is 4. The van der Waals surface area contributed by atoms with Gasteiger partial charge in [0.1, 0.15) is 5.75 Å². The Kier molecular flexibility index (Phi) is 5.15. The third-order valence-electron chi connectivity index (χ3n) is 6.50. The first kappa shape index (κ1) is 20.3. The molecule has 2 heterocycles. The molecule has 3 aromatic carbocycles. The number of amides is 2. The van der Waals surface area contributed by atoms with Crippen LogP contribution in [0.2, 0.25) is 0 Å². The Morgan fingerprint density at radius 1 is 0.938 bits per heavy atom. The van der Waals surface area contributed by atoms with Crippen LogP contribution in [0, 0.1) is 0 Å². The van der Waals surface area contributed by atoms with Crippen molar-refractivity contribution in [1.29, 1.82) is 0 Å². The number of nitrogens with zero attached hydrogens (tertiary/aromatic N) is 2. The highest BCUT2D eigenvalue weighted by molar-refractivity contribution is 6.07. The molecular weight excluding hydrogens is 404 g/mol. The molecule has 0 bridgehead atoms. The van der Waals surface area contributed by atoms with Crippen molar-refractivity contribution in [3.05, 3.63) is 95.6 Å². The molecule has 0 spiro atoms. The first-order valence-electron chi connectivity index (χ1n) is 10.7. The quantitative estimate of drug-likeness (QED) is 0.692. The van der Waals surface area contributed by atoms with Gasteiger partial charge in [-0.1, -0.05) is 42.5 Å². The van der Waals surface area contributed by atoms with Gasteiger partial charge in [0.25, 0.3) is 11.8 Å². The molecule has 32 heavy (non-hydrogen) atoms. The second kappa shape index (κ2) is 8.13. The fraction of sp³-hybridized carbons (Fsp3) is 0.231. The van der Waals surface area contributed by atoms with E-state index >= 15 is 0 Å². The van der Waals surface area contributed by atoms with Crippen molar-refractivity contribution in [3.8, 4) is 5.75 Å². The lowest BCUT2D eigenvalue weighted by molar-refractivity contribution is -0.0246. The van der Waals surface area contributed by atoms with Crippen LogP contribution in [0.15, 0.2) is 78.9 Å². The fourth-order valence-corrected chi connectivity index (χ4v) is 5.00. The summed E-state index contributed by atoms with van der Waals surface area (Å²) < 4.78 is 5.29. The molecule has 0 radical (unpaired) electrons. The lowest BCUT2D eigenvalue weighted by atomic mass is 9.71. The second-order valence-electron chi connectivity index (χ2n) is 8.13. The van der Waals surface area contributed by atoms with Gasteiger partial charge in [0, 0.05) is 29.3 Å². The zero-order valence-electron chi connectivity index (χ0n) is 17.7. The molecule has 0 saturated carbocycles. The first-order chi connectivity index (χ1) is 15.6. The molecule has 0 aliphatic carbocycles. The van der Waals surface area contributed by atoms with Crippen molar-refractivity contribution in [2.45, 2.75) is 18.0 Å². The van der Waals surface area contributed by atoms with Crippen molar-refractivity contribution in [3.63, 3.8) is 0 Å². The number of aliphatic hydroxyl groups excluding tert-OH is 1. The number of hydrogen-bond acceptors (Lipinski definition) is 4. The number of likely N-dealkylation sites (tertiary alicyclic amines) is 1. The molecular formula is C26H24N2O4. The molecule has 2 aliphatic heterocycles. The SMILES string of the molecule is COc1cccc(C(=O)N2C[C@H]3[C@@H](c4ccccc42)[C@@H](CO)N3C(=O)c2ccccc2)c1. The van der Waals surface area contributed by atoms with Gasteiger partial charge in [-0.2, -0.15) is 0 Å². The van der Waals surface area contributed by atoms with Gasteiger partial charge >= 0.3 is 0 Å². The van der Waals surface area contributed by atoms with Gasteiger partial charge in [0.05, 0.1) is 25.8 Å². The number of ether oxygens (including phenoxy) is 1. The van der Waals surface area contributed by atoms with E-state index in [1.54, 1.807) is 53.3 Å². The Hall–Kier alpha value is -3.64. The first-order valence-corrected chi connectivity index (χ1v) is 10.7. The van der Waals surface area contributed by atoms with Gasteiger partial charge in [0.2, 0.25) is 0 Å². The number of carbonyl (C=O) groups excluding carboxylic acids is 2. The molecule has 3 aromatic rings.